The summed E-state index contributed by atoms with van der Waals surface area (Å²) in [6.07, 6.45) is -3.53. The van der Waals surface area contributed by atoms with Crippen LogP contribution < -0.4 is 0 Å². The molecule has 0 amide bonds. The highest BCUT2D eigenvalue weighted by atomic mass is 19.4. The second-order valence-corrected chi connectivity index (χ2v) is 2.72. The third kappa shape index (κ3) is 2.48. The van der Waals surface area contributed by atoms with Crippen LogP contribution in [0.2, 0.25) is 0 Å². The number of halogens is 3. The molecule has 0 bridgehead atoms. The normalized spacial score (nSPS) is 13.9. The molecular weight excluding hydrogens is 201 g/mol. The molecule has 1 heterocycles. The first-order chi connectivity index (χ1) is 6.41. The van der Waals surface area contributed by atoms with Gasteiger partial charge in [-0.25, -0.2) is 0 Å². The molecule has 1 atom stereocenters. The van der Waals surface area contributed by atoms with Crippen LogP contribution in [0.15, 0.2) is 12.4 Å². The number of nitrogens with one attached hydrogen (secondary N) is 1. The van der Waals surface area contributed by atoms with Crippen LogP contribution in [0.3, 0.4) is 0 Å². The van der Waals surface area contributed by atoms with E-state index in [9.17, 15) is 18.0 Å². The largest absolute Gasteiger partial charge is 0.481 e. The van der Waals surface area contributed by atoms with Crippen molar-refractivity contribution in [2.24, 2.45) is 0 Å². The number of carbonyl (C=O) groups is 1. The second-order valence-electron chi connectivity index (χ2n) is 2.72. The van der Waals surface area contributed by atoms with Crippen LogP contribution in [0, 0.1) is 0 Å². The van der Waals surface area contributed by atoms with Crippen LogP contribution in [0.25, 0.3) is 0 Å². The van der Waals surface area contributed by atoms with E-state index in [1.807, 2.05) is 0 Å². The molecule has 14 heavy (non-hydrogen) atoms. The van der Waals surface area contributed by atoms with E-state index in [2.05, 4.69) is 10.2 Å². The van der Waals surface area contributed by atoms with Crippen LogP contribution in [-0.2, 0) is 4.79 Å². The van der Waals surface area contributed by atoms with Gasteiger partial charge in [-0.2, -0.15) is 18.3 Å². The van der Waals surface area contributed by atoms with Gasteiger partial charge in [0.25, 0.3) is 0 Å². The maximum Gasteiger partial charge on any atom is 0.396 e. The van der Waals surface area contributed by atoms with Crippen LogP contribution >= 0.6 is 0 Å². The van der Waals surface area contributed by atoms with Crippen molar-refractivity contribution in [1.82, 2.24) is 10.2 Å². The number of aromatic nitrogens is 2. The van der Waals surface area contributed by atoms with Crippen LogP contribution in [0.4, 0.5) is 13.2 Å². The monoisotopic (exact) mass is 208 g/mol. The molecule has 0 aliphatic rings. The van der Waals surface area contributed by atoms with E-state index < -0.39 is 24.5 Å². The topological polar surface area (TPSA) is 66.0 Å². The summed E-state index contributed by atoms with van der Waals surface area (Å²) in [5, 5.41) is 13.9. The van der Waals surface area contributed by atoms with E-state index >= 15 is 0 Å². The van der Waals surface area contributed by atoms with Crippen molar-refractivity contribution < 1.29 is 23.1 Å². The average molecular weight is 208 g/mol. The molecule has 78 valence electrons. The molecule has 0 aliphatic heterocycles. The molecule has 0 saturated carbocycles. The molecule has 0 saturated heterocycles. The number of nitrogens with zero attached hydrogens (tertiary/aromatic N) is 1. The van der Waals surface area contributed by atoms with Gasteiger partial charge in [0.2, 0.25) is 0 Å². The number of carboxylic acid groups (broad SMARTS) is 1. The van der Waals surface area contributed by atoms with Gasteiger partial charge < -0.3 is 5.11 Å². The van der Waals surface area contributed by atoms with Gasteiger partial charge in [0, 0.05) is 11.8 Å². The Hall–Kier alpha value is -1.53. The minimum Gasteiger partial charge on any atom is -0.481 e. The lowest BCUT2D eigenvalue weighted by Crippen LogP contribution is -2.23. The standard InChI is InChI=1S/C7H7F3N2O2/c8-7(9,10)5(1-6(13)14)4-2-11-12-3-4/h2-3,5H,1H2,(H,11,12)(H,13,14). The van der Waals surface area contributed by atoms with Crippen molar-refractivity contribution in [3.8, 4) is 0 Å². The lowest BCUT2D eigenvalue weighted by Gasteiger charge is -2.16. The molecule has 1 aromatic rings. The summed E-state index contributed by atoms with van der Waals surface area (Å²) < 4.78 is 37.0. The summed E-state index contributed by atoms with van der Waals surface area (Å²) in [5.74, 6) is -3.49. The third-order valence-corrected chi connectivity index (χ3v) is 1.70. The summed E-state index contributed by atoms with van der Waals surface area (Å²) in [6.45, 7) is 0. The summed E-state index contributed by atoms with van der Waals surface area (Å²) in [4.78, 5) is 10.2. The zero-order chi connectivity index (χ0) is 10.8. The lowest BCUT2D eigenvalue weighted by molar-refractivity contribution is -0.163. The van der Waals surface area contributed by atoms with E-state index in [4.69, 9.17) is 5.11 Å². The van der Waals surface area contributed by atoms with Crippen LogP contribution in [0.1, 0.15) is 17.9 Å². The molecule has 0 fully saturated rings. The first kappa shape index (κ1) is 10.6. The van der Waals surface area contributed by atoms with E-state index in [0.717, 1.165) is 12.4 Å². The van der Waals surface area contributed by atoms with Gasteiger partial charge in [-0.05, 0) is 0 Å². The molecule has 1 unspecified atom stereocenters. The first-order valence-electron chi connectivity index (χ1n) is 3.68. The molecule has 2 N–H and O–H groups in total. The van der Waals surface area contributed by atoms with E-state index in [0.29, 0.717) is 0 Å². The number of aliphatic carboxylic acids is 1. The van der Waals surface area contributed by atoms with Crippen molar-refractivity contribution in [1.29, 1.82) is 0 Å². The number of hydrogen-bond donors (Lipinski definition) is 2. The van der Waals surface area contributed by atoms with E-state index in [1.165, 1.54) is 0 Å². The van der Waals surface area contributed by atoms with Gasteiger partial charge in [-0.15, -0.1) is 0 Å². The summed E-state index contributed by atoms with van der Waals surface area (Å²) in [6, 6.07) is 0. The molecule has 0 aromatic carbocycles. The van der Waals surface area contributed by atoms with Crippen molar-refractivity contribution in [2.75, 3.05) is 0 Å². The summed E-state index contributed by atoms with van der Waals surface area (Å²) in [7, 11) is 0. The Bertz CT molecular complexity index is 307. The zero-order valence-corrected chi connectivity index (χ0v) is 6.88. The molecule has 0 aliphatic carbocycles. The molecule has 0 spiro atoms. The molecule has 7 heteroatoms. The molecule has 0 radical (unpaired) electrons. The van der Waals surface area contributed by atoms with Gasteiger partial charge >= 0.3 is 12.1 Å². The fourth-order valence-corrected chi connectivity index (χ4v) is 1.05. The van der Waals surface area contributed by atoms with Crippen molar-refractivity contribution in [2.45, 2.75) is 18.5 Å². The third-order valence-electron chi connectivity index (χ3n) is 1.70. The Morgan fingerprint density at radius 2 is 2.29 bits per heavy atom. The Labute approximate surface area is 76.7 Å². The predicted octanol–water partition coefficient (Wildman–Crippen LogP) is 1.53. The lowest BCUT2D eigenvalue weighted by atomic mass is 9.98. The Kier molecular flexibility index (Phi) is 2.78. The maximum atomic E-state index is 12.3. The molecule has 1 rings (SSSR count). The Morgan fingerprint density at radius 3 is 2.64 bits per heavy atom. The van der Waals surface area contributed by atoms with Crippen molar-refractivity contribution >= 4 is 5.97 Å². The van der Waals surface area contributed by atoms with Gasteiger partial charge in [-0.3, -0.25) is 9.89 Å². The number of carboxylic acids is 1. The van der Waals surface area contributed by atoms with E-state index in [1.54, 1.807) is 0 Å². The Balaban J connectivity index is 2.89. The van der Waals surface area contributed by atoms with Crippen LogP contribution in [-0.4, -0.2) is 27.4 Å². The first-order valence-corrected chi connectivity index (χ1v) is 3.68. The molecular formula is C7H7F3N2O2. The minimum absolute atomic E-state index is 0.167. The highest BCUT2D eigenvalue weighted by Crippen LogP contribution is 2.36. The maximum absolute atomic E-state index is 12.3. The average Bonchev–Trinajstić information content (AvgIpc) is 2.49. The molecule has 4 nitrogen and oxygen atoms in total. The Morgan fingerprint density at radius 1 is 1.64 bits per heavy atom. The van der Waals surface area contributed by atoms with Gasteiger partial charge in [0.15, 0.2) is 0 Å². The summed E-state index contributed by atoms with van der Waals surface area (Å²) >= 11 is 0. The van der Waals surface area contributed by atoms with Gasteiger partial charge in [0.1, 0.15) is 0 Å². The van der Waals surface area contributed by atoms with Crippen LogP contribution in [0.5, 0.6) is 0 Å². The quantitative estimate of drug-likeness (QED) is 0.791. The number of rotatable bonds is 3. The molecule has 1 aromatic heterocycles. The van der Waals surface area contributed by atoms with E-state index in [-0.39, 0.29) is 5.56 Å². The predicted molar refractivity (Wildman–Crippen MR) is 39.6 cm³/mol. The second kappa shape index (κ2) is 3.69. The highest BCUT2D eigenvalue weighted by Gasteiger charge is 2.42. The number of hydrogen-bond acceptors (Lipinski definition) is 2. The smallest absolute Gasteiger partial charge is 0.396 e. The summed E-state index contributed by atoms with van der Waals surface area (Å²) in [5.41, 5.74) is -0.167. The fraction of sp³-hybridized carbons (Fsp3) is 0.429. The minimum atomic E-state index is -4.57. The SMILES string of the molecule is O=C(O)CC(c1cn[nH]c1)C(F)(F)F. The highest BCUT2D eigenvalue weighted by molar-refractivity contribution is 5.68. The number of H-pyrrole nitrogens is 1. The van der Waals surface area contributed by atoms with Gasteiger partial charge in [0.05, 0.1) is 18.5 Å². The fourth-order valence-electron chi connectivity index (χ4n) is 1.05. The number of aromatic amines is 1. The van der Waals surface area contributed by atoms with Crippen molar-refractivity contribution in [3.63, 3.8) is 0 Å². The zero-order valence-electron chi connectivity index (χ0n) is 6.88. The number of alkyl halides is 3. The van der Waals surface area contributed by atoms with Gasteiger partial charge in [-0.1, -0.05) is 0 Å². The van der Waals surface area contributed by atoms with Crippen molar-refractivity contribution in [3.05, 3.63) is 18.0 Å².